The fourth-order valence-corrected chi connectivity index (χ4v) is 0.436. The quantitative estimate of drug-likeness (QED) is 0.628. The lowest BCUT2D eigenvalue weighted by atomic mass is 10.8. The van der Waals surface area contributed by atoms with E-state index in [9.17, 15) is 4.79 Å². The summed E-state index contributed by atoms with van der Waals surface area (Å²) in [6, 6.07) is 0. The van der Waals surface area contributed by atoms with E-state index in [1.54, 1.807) is 0 Å². The molecule has 0 radical (unpaired) electrons. The van der Waals surface area contributed by atoms with Crippen molar-refractivity contribution in [2.45, 2.75) is 0 Å². The molecule has 56 valence electrons. The monoisotopic (exact) mass is 146 g/mol. The molecule has 1 heterocycles. The first-order valence-electron chi connectivity index (χ1n) is 2.65. The molecule has 0 spiro atoms. The molecule has 0 unspecified atom stereocenters. The minimum absolute atomic E-state index is 0.0148. The lowest BCUT2D eigenvalue weighted by Crippen LogP contribution is -2.00. The standard InChI is InChI=1S/C5H6O5/c6-1-2-8-4-3-9-5(7)10-4/h3,6H,1-2H2. The van der Waals surface area contributed by atoms with Gasteiger partial charge in [0.15, 0.2) is 6.26 Å². The van der Waals surface area contributed by atoms with Gasteiger partial charge >= 0.3 is 11.8 Å². The zero-order valence-electron chi connectivity index (χ0n) is 5.07. The Morgan fingerprint density at radius 2 is 2.50 bits per heavy atom. The predicted molar refractivity (Wildman–Crippen MR) is 29.8 cm³/mol. The second kappa shape index (κ2) is 3.07. The van der Waals surface area contributed by atoms with Crippen LogP contribution < -0.4 is 10.6 Å². The molecule has 1 aromatic rings. The van der Waals surface area contributed by atoms with E-state index in [1.807, 2.05) is 0 Å². The Kier molecular flexibility index (Phi) is 2.11. The van der Waals surface area contributed by atoms with Crippen molar-refractivity contribution in [3.63, 3.8) is 0 Å². The molecule has 1 N–H and O–H groups in total. The molecule has 0 bridgehead atoms. The van der Waals surface area contributed by atoms with Crippen LogP contribution in [0.2, 0.25) is 0 Å². The van der Waals surface area contributed by atoms with Gasteiger partial charge in [0.05, 0.1) is 6.61 Å². The van der Waals surface area contributed by atoms with Gasteiger partial charge in [0.1, 0.15) is 6.61 Å². The van der Waals surface area contributed by atoms with Crippen LogP contribution in [0.4, 0.5) is 0 Å². The molecule has 0 atom stereocenters. The summed E-state index contributed by atoms with van der Waals surface area (Å²) in [5.74, 6) is -0.827. The summed E-state index contributed by atoms with van der Waals surface area (Å²) in [6.07, 6.45) is 1.04. The number of hydrogen-bond donors (Lipinski definition) is 1. The Morgan fingerprint density at radius 3 is 3.00 bits per heavy atom. The number of rotatable bonds is 3. The van der Waals surface area contributed by atoms with Gasteiger partial charge in [-0.3, -0.25) is 0 Å². The van der Waals surface area contributed by atoms with Gasteiger partial charge in [0, 0.05) is 0 Å². The molecule has 0 fully saturated rings. The maximum absolute atomic E-state index is 10.2. The van der Waals surface area contributed by atoms with E-state index in [0.717, 1.165) is 6.26 Å². The van der Waals surface area contributed by atoms with Crippen LogP contribution >= 0.6 is 0 Å². The Morgan fingerprint density at radius 1 is 1.70 bits per heavy atom. The van der Waals surface area contributed by atoms with Crippen molar-refractivity contribution in [1.29, 1.82) is 0 Å². The van der Waals surface area contributed by atoms with E-state index in [4.69, 9.17) is 5.11 Å². The SMILES string of the molecule is O=c1occ(OCCO)o1. The molecule has 1 rings (SSSR count). The highest BCUT2D eigenvalue weighted by atomic mass is 16.7. The van der Waals surface area contributed by atoms with Crippen LogP contribution in [0.25, 0.3) is 0 Å². The van der Waals surface area contributed by atoms with Crippen LogP contribution in [-0.2, 0) is 0 Å². The van der Waals surface area contributed by atoms with Crippen LogP contribution in [0, 0.1) is 0 Å². The molecule has 1 aromatic heterocycles. The molecule has 0 aliphatic heterocycles. The van der Waals surface area contributed by atoms with E-state index in [-0.39, 0.29) is 19.2 Å². The lowest BCUT2D eigenvalue weighted by Gasteiger charge is -1.93. The minimum Gasteiger partial charge on any atom is -0.460 e. The molecule has 0 saturated heterocycles. The summed E-state index contributed by atoms with van der Waals surface area (Å²) >= 11 is 0. The average Bonchev–Trinajstić information content (AvgIpc) is 2.31. The fourth-order valence-electron chi connectivity index (χ4n) is 0.436. The van der Waals surface area contributed by atoms with Gasteiger partial charge in [-0.15, -0.1) is 0 Å². The van der Waals surface area contributed by atoms with Gasteiger partial charge in [-0.2, -0.15) is 0 Å². The van der Waals surface area contributed by atoms with Crippen LogP contribution in [0.15, 0.2) is 19.9 Å². The van der Waals surface area contributed by atoms with Crippen molar-refractivity contribution in [1.82, 2.24) is 0 Å². The predicted octanol–water partition coefficient (Wildman–Crippen LogP) is -0.396. The Balaban J connectivity index is 2.50. The van der Waals surface area contributed by atoms with Gasteiger partial charge < -0.3 is 18.7 Å². The number of hydrogen-bond acceptors (Lipinski definition) is 5. The highest BCUT2D eigenvalue weighted by Gasteiger charge is 1.99. The first-order valence-corrected chi connectivity index (χ1v) is 2.65. The lowest BCUT2D eigenvalue weighted by molar-refractivity contribution is 0.169. The van der Waals surface area contributed by atoms with E-state index >= 15 is 0 Å². The van der Waals surface area contributed by atoms with Crippen LogP contribution in [-0.4, -0.2) is 18.3 Å². The summed E-state index contributed by atoms with van der Waals surface area (Å²) in [5, 5.41) is 8.26. The third kappa shape index (κ3) is 1.63. The summed E-state index contributed by atoms with van der Waals surface area (Å²) in [5.41, 5.74) is 0. The molecule has 0 amide bonds. The maximum atomic E-state index is 10.2. The molecule has 5 nitrogen and oxygen atoms in total. The van der Waals surface area contributed by atoms with E-state index in [0.29, 0.717) is 0 Å². The van der Waals surface area contributed by atoms with E-state index in [1.165, 1.54) is 0 Å². The summed E-state index contributed by atoms with van der Waals surface area (Å²) in [4.78, 5) is 10.2. The largest absolute Gasteiger partial charge is 0.521 e. The van der Waals surface area contributed by atoms with Crippen LogP contribution in [0.1, 0.15) is 0 Å². The molecule has 10 heavy (non-hydrogen) atoms. The Bertz CT molecular complexity index is 234. The van der Waals surface area contributed by atoms with Crippen molar-refractivity contribution in [2.75, 3.05) is 13.2 Å². The van der Waals surface area contributed by atoms with Gasteiger partial charge in [-0.25, -0.2) is 4.79 Å². The Hall–Kier alpha value is -1.23. The number of aliphatic hydroxyl groups excluding tert-OH is 1. The van der Waals surface area contributed by atoms with Crippen molar-refractivity contribution in [3.8, 4) is 5.95 Å². The highest BCUT2D eigenvalue weighted by molar-refractivity contribution is 4.91. The topological polar surface area (TPSA) is 72.8 Å². The first kappa shape index (κ1) is 6.88. The maximum Gasteiger partial charge on any atom is 0.521 e. The molecule has 0 saturated carbocycles. The Labute approximate surface area is 55.8 Å². The van der Waals surface area contributed by atoms with Crippen molar-refractivity contribution < 1.29 is 18.7 Å². The second-order valence-electron chi connectivity index (χ2n) is 1.48. The molecule has 0 aliphatic carbocycles. The third-order valence-electron chi connectivity index (χ3n) is 0.771. The second-order valence-corrected chi connectivity index (χ2v) is 1.48. The van der Waals surface area contributed by atoms with Gasteiger partial charge in [-0.05, 0) is 0 Å². The first-order chi connectivity index (χ1) is 4.83. The third-order valence-corrected chi connectivity index (χ3v) is 0.771. The zero-order chi connectivity index (χ0) is 7.40. The minimum atomic E-state index is -0.812. The van der Waals surface area contributed by atoms with E-state index < -0.39 is 5.82 Å². The van der Waals surface area contributed by atoms with Gasteiger partial charge in [-0.1, -0.05) is 0 Å². The fraction of sp³-hybridized carbons (Fsp3) is 0.400. The van der Waals surface area contributed by atoms with Gasteiger partial charge in [0.25, 0.3) is 0 Å². The molecular weight excluding hydrogens is 140 g/mol. The normalized spacial score (nSPS) is 9.70. The van der Waals surface area contributed by atoms with Crippen molar-refractivity contribution >= 4 is 0 Å². The van der Waals surface area contributed by atoms with Crippen LogP contribution in [0.3, 0.4) is 0 Å². The van der Waals surface area contributed by atoms with Crippen molar-refractivity contribution in [2.24, 2.45) is 0 Å². The molecule has 0 aliphatic rings. The summed E-state index contributed by atoms with van der Waals surface area (Å²) < 4.78 is 13.2. The zero-order valence-corrected chi connectivity index (χ0v) is 5.07. The molecule has 5 heteroatoms. The molecule has 0 aromatic carbocycles. The summed E-state index contributed by atoms with van der Waals surface area (Å²) in [6.45, 7) is -0.0443. The van der Waals surface area contributed by atoms with Crippen molar-refractivity contribution in [3.05, 3.63) is 16.9 Å². The van der Waals surface area contributed by atoms with Gasteiger partial charge in [0.2, 0.25) is 0 Å². The number of aliphatic hydroxyl groups is 1. The summed E-state index contributed by atoms with van der Waals surface area (Å²) in [7, 11) is 0. The number of ether oxygens (including phenoxy) is 1. The molecular formula is C5H6O5. The van der Waals surface area contributed by atoms with E-state index in [2.05, 4.69) is 13.6 Å². The van der Waals surface area contributed by atoms with Crippen LogP contribution in [0.5, 0.6) is 5.95 Å². The average molecular weight is 146 g/mol. The highest BCUT2D eigenvalue weighted by Crippen LogP contribution is 2.04. The smallest absolute Gasteiger partial charge is 0.460 e.